The topological polar surface area (TPSA) is 0 Å². The molecule has 0 radical (unpaired) electrons. The zero-order valence-electron chi connectivity index (χ0n) is 27.7. The fourth-order valence-electron chi connectivity index (χ4n) is 11.0. The highest BCUT2D eigenvalue weighted by atomic mass is 14.7. The minimum Gasteiger partial charge on any atom is -0.0649 e. The van der Waals surface area contributed by atoms with Gasteiger partial charge in [0.15, 0.2) is 0 Å². The highest BCUT2D eigenvalue weighted by Crippen LogP contribution is 2.68. The van der Waals surface area contributed by atoms with Crippen molar-refractivity contribution in [3.63, 3.8) is 0 Å². The van der Waals surface area contributed by atoms with E-state index < -0.39 is 0 Å². The van der Waals surface area contributed by atoms with E-state index in [1.807, 2.05) is 0 Å². The highest BCUT2D eigenvalue weighted by Gasteiger charge is 2.63. The summed E-state index contributed by atoms with van der Waals surface area (Å²) in [6.45, 7) is 46.5. The molecule has 2 rings (SSSR count). The molecule has 2 fully saturated rings. The first kappa shape index (κ1) is 31.2. The molecule has 0 nitrogen and oxygen atoms in total. The van der Waals surface area contributed by atoms with Crippen LogP contribution in [0.1, 0.15) is 137 Å². The van der Waals surface area contributed by atoms with Crippen molar-refractivity contribution >= 4 is 0 Å². The Labute approximate surface area is 223 Å². The molecule has 0 aromatic carbocycles. The Hall–Kier alpha value is 0. The molecule has 0 aromatic heterocycles. The Morgan fingerprint density at radius 2 is 0.600 bits per heavy atom. The lowest BCUT2D eigenvalue weighted by Crippen LogP contribution is -2.45. The second-order valence-corrected chi connectivity index (χ2v) is 17.0. The summed E-state index contributed by atoms with van der Waals surface area (Å²) < 4.78 is 0. The quantitative estimate of drug-likeness (QED) is 0.318. The fraction of sp³-hybridized carbons (Fsp3) is 1.00. The molecule has 0 saturated heterocycles. The summed E-state index contributed by atoms with van der Waals surface area (Å²) in [5, 5.41) is 0. The minimum absolute atomic E-state index is 0.343. The van der Waals surface area contributed by atoms with E-state index >= 15 is 0 Å². The predicted molar refractivity (Wildman–Crippen MR) is 158 cm³/mol. The first-order valence-electron chi connectivity index (χ1n) is 15.6. The van der Waals surface area contributed by atoms with E-state index in [0.717, 1.165) is 59.2 Å². The smallest absolute Gasteiger partial charge is 0.0269 e. The van der Waals surface area contributed by atoms with Crippen LogP contribution < -0.4 is 0 Å². The van der Waals surface area contributed by atoms with Crippen molar-refractivity contribution in [2.24, 2.45) is 86.3 Å². The monoisotopic (exact) mass is 489 g/mol. The van der Waals surface area contributed by atoms with E-state index in [-0.39, 0.29) is 0 Å². The summed E-state index contributed by atoms with van der Waals surface area (Å²) in [5.74, 6) is 7.82. The van der Waals surface area contributed by atoms with E-state index in [9.17, 15) is 0 Å². The van der Waals surface area contributed by atoms with Crippen molar-refractivity contribution in [3.05, 3.63) is 0 Å². The summed E-state index contributed by atoms with van der Waals surface area (Å²) >= 11 is 0. The molecule has 0 heteroatoms. The predicted octanol–water partition coefficient (Wildman–Crippen LogP) is 11.2. The third-order valence-corrected chi connectivity index (χ3v) is 14.8. The van der Waals surface area contributed by atoms with Crippen LogP contribution in [-0.4, -0.2) is 0 Å². The van der Waals surface area contributed by atoms with Crippen LogP contribution in [0.3, 0.4) is 0 Å². The fourth-order valence-corrected chi connectivity index (χ4v) is 11.0. The molecule has 0 spiro atoms. The summed E-state index contributed by atoms with van der Waals surface area (Å²) in [6.07, 6.45) is 2.52. The van der Waals surface area contributed by atoms with Gasteiger partial charge in [-0.15, -0.1) is 0 Å². The molecule has 208 valence electrons. The van der Waals surface area contributed by atoms with Crippen LogP contribution in [0.5, 0.6) is 0 Å². The molecule has 10 atom stereocenters. The lowest BCUT2D eigenvalue weighted by atomic mass is 9.53. The summed E-state index contributed by atoms with van der Waals surface area (Å²) in [7, 11) is 0. The van der Waals surface area contributed by atoms with Gasteiger partial charge in [0.1, 0.15) is 0 Å². The Bertz CT molecular complexity index is 658. The number of rotatable bonds is 8. The zero-order chi connectivity index (χ0) is 27.7. The van der Waals surface area contributed by atoms with Gasteiger partial charge < -0.3 is 0 Å². The van der Waals surface area contributed by atoms with E-state index in [0.29, 0.717) is 27.1 Å². The van der Waals surface area contributed by atoms with Crippen LogP contribution in [0.15, 0.2) is 0 Å². The molecule has 0 amide bonds. The number of hydrogen-bond donors (Lipinski definition) is 0. The average Bonchev–Trinajstić information content (AvgIpc) is 3.10. The first-order valence-corrected chi connectivity index (χ1v) is 15.6. The standard InChI is InChI=1S/C35H68/c1-19-31(9,10)34(15,16)29-23(5)21(3)27(25(29)7)33(13,14)28-22(4)24(6)30(26(28)8)35(17,18)32(11,12)20-2/h21-30H,19-20H2,1-18H3. The molecule has 10 unspecified atom stereocenters. The largest absolute Gasteiger partial charge is 0.0649 e. The molecule has 0 N–H and O–H groups in total. The lowest BCUT2D eigenvalue weighted by Gasteiger charge is -2.52. The van der Waals surface area contributed by atoms with Crippen molar-refractivity contribution < 1.29 is 0 Å². The van der Waals surface area contributed by atoms with Gasteiger partial charge in [-0.3, -0.25) is 0 Å². The van der Waals surface area contributed by atoms with Crippen molar-refractivity contribution in [2.45, 2.75) is 137 Å². The van der Waals surface area contributed by atoms with Gasteiger partial charge in [-0.2, -0.15) is 0 Å². The van der Waals surface area contributed by atoms with Gasteiger partial charge in [0.05, 0.1) is 0 Å². The SMILES string of the molecule is CCC(C)(C)C(C)(C)C1C(C)C(C)C(C(C)(C)C2C(C)C(C)C(C(C)(C)C(C)(C)CC)C2C)C1C. The Kier molecular flexibility index (Phi) is 8.59. The van der Waals surface area contributed by atoms with Crippen molar-refractivity contribution in [2.75, 3.05) is 0 Å². The highest BCUT2D eigenvalue weighted by molar-refractivity contribution is 5.10. The lowest BCUT2D eigenvalue weighted by molar-refractivity contribution is -0.0338. The Balaban J connectivity index is 2.52. The van der Waals surface area contributed by atoms with Gasteiger partial charge in [-0.05, 0) is 86.3 Å². The maximum atomic E-state index is 2.70. The Morgan fingerprint density at radius 1 is 0.371 bits per heavy atom. The molecule has 0 bridgehead atoms. The van der Waals surface area contributed by atoms with Crippen LogP contribution >= 0.6 is 0 Å². The van der Waals surface area contributed by atoms with Crippen LogP contribution in [0, 0.1) is 86.3 Å². The summed E-state index contributed by atoms with van der Waals surface area (Å²) in [5.41, 5.74) is 1.76. The number of hydrogen-bond acceptors (Lipinski definition) is 0. The van der Waals surface area contributed by atoms with Crippen molar-refractivity contribution in [3.8, 4) is 0 Å². The summed E-state index contributed by atoms with van der Waals surface area (Å²) in [4.78, 5) is 0. The molecular formula is C35H68. The van der Waals surface area contributed by atoms with Crippen LogP contribution in [-0.2, 0) is 0 Å². The minimum atomic E-state index is 0.343. The van der Waals surface area contributed by atoms with Crippen LogP contribution in [0.25, 0.3) is 0 Å². The van der Waals surface area contributed by atoms with E-state index in [4.69, 9.17) is 0 Å². The van der Waals surface area contributed by atoms with Gasteiger partial charge in [0.2, 0.25) is 0 Å². The van der Waals surface area contributed by atoms with Gasteiger partial charge >= 0.3 is 0 Å². The molecule has 2 aliphatic rings. The summed E-state index contributed by atoms with van der Waals surface area (Å²) in [6, 6.07) is 0. The molecule has 0 heterocycles. The van der Waals surface area contributed by atoms with E-state index in [2.05, 4.69) is 125 Å². The molecule has 2 saturated carbocycles. The van der Waals surface area contributed by atoms with Crippen LogP contribution in [0.2, 0.25) is 0 Å². The second-order valence-electron chi connectivity index (χ2n) is 17.0. The van der Waals surface area contributed by atoms with E-state index in [1.54, 1.807) is 0 Å². The average molecular weight is 489 g/mol. The van der Waals surface area contributed by atoms with Crippen molar-refractivity contribution in [1.82, 2.24) is 0 Å². The molecule has 0 aromatic rings. The van der Waals surface area contributed by atoms with Gasteiger partial charge in [0.25, 0.3) is 0 Å². The van der Waals surface area contributed by atoms with Gasteiger partial charge in [-0.1, -0.05) is 137 Å². The molecular weight excluding hydrogens is 420 g/mol. The zero-order valence-corrected chi connectivity index (χ0v) is 27.7. The van der Waals surface area contributed by atoms with Gasteiger partial charge in [0, 0.05) is 0 Å². The molecule has 0 aliphatic heterocycles. The second kappa shape index (κ2) is 9.63. The normalized spacial score (nSPS) is 39.9. The maximum Gasteiger partial charge on any atom is -0.0269 e. The first-order chi connectivity index (χ1) is 15.6. The van der Waals surface area contributed by atoms with Crippen LogP contribution in [0.4, 0.5) is 0 Å². The third-order valence-electron chi connectivity index (χ3n) is 14.8. The maximum absolute atomic E-state index is 2.70. The third kappa shape index (κ3) is 4.50. The van der Waals surface area contributed by atoms with Gasteiger partial charge in [-0.25, -0.2) is 0 Å². The van der Waals surface area contributed by atoms with Crippen molar-refractivity contribution in [1.29, 1.82) is 0 Å². The Morgan fingerprint density at radius 3 is 0.829 bits per heavy atom. The van der Waals surface area contributed by atoms with E-state index in [1.165, 1.54) is 12.8 Å². The molecule has 35 heavy (non-hydrogen) atoms. The molecule has 2 aliphatic carbocycles.